The van der Waals surface area contributed by atoms with E-state index in [1.807, 2.05) is 0 Å². The Bertz CT molecular complexity index is 2980. The van der Waals surface area contributed by atoms with Crippen LogP contribution in [0.25, 0.3) is 66.9 Å². The predicted octanol–water partition coefficient (Wildman–Crippen LogP) is 13.9. The van der Waals surface area contributed by atoms with Gasteiger partial charge in [-0.25, -0.2) is 0 Å². The normalized spacial score (nSPS) is 14.0. The molecule has 0 amide bonds. The summed E-state index contributed by atoms with van der Waals surface area (Å²) in [6.07, 6.45) is 6.62. The second kappa shape index (κ2) is 11.7. The number of allylic oxidation sites excluding steroid dienone is 1. The summed E-state index contributed by atoms with van der Waals surface area (Å²) in [6, 6.07) is 57.4. The van der Waals surface area contributed by atoms with Gasteiger partial charge in [0.1, 0.15) is 0 Å². The summed E-state index contributed by atoms with van der Waals surface area (Å²) in [4.78, 5) is 2.42. The zero-order valence-corrected chi connectivity index (χ0v) is 30.4. The molecule has 2 aliphatic carbocycles. The van der Waals surface area contributed by atoms with Crippen LogP contribution in [0.4, 0.5) is 17.1 Å². The third-order valence-electron chi connectivity index (χ3n) is 11.9. The fourth-order valence-electron chi connectivity index (χ4n) is 9.36. The fraction of sp³-hybridized carbons (Fsp3) is 0.0980. The summed E-state index contributed by atoms with van der Waals surface area (Å²) in [5, 5.41) is 3.50. The molecule has 7 aromatic carbocycles. The third kappa shape index (κ3) is 4.42. The fourth-order valence-corrected chi connectivity index (χ4v) is 9.36. The van der Waals surface area contributed by atoms with E-state index < -0.39 is 0 Å². The minimum atomic E-state index is -0.138. The van der Waals surface area contributed by atoms with Gasteiger partial charge < -0.3 is 13.9 Å². The molecule has 11 rings (SSSR count). The zero-order chi connectivity index (χ0) is 36.0. The lowest BCUT2D eigenvalue weighted by Gasteiger charge is -2.29. The van der Waals surface area contributed by atoms with Crippen molar-refractivity contribution >= 4 is 56.0 Å². The van der Waals surface area contributed by atoms with E-state index in [0.29, 0.717) is 0 Å². The Morgan fingerprint density at radius 2 is 1.26 bits per heavy atom. The molecule has 2 heterocycles. The number of hydrogen-bond acceptors (Lipinski definition) is 2. The first kappa shape index (κ1) is 31.0. The van der Waals surface area contributed by atoms with Crippen molar-refractivity contribution in [3.05, 3.63) is 186 Å². The highest BCUT2D eigenvalue weighted by Crippen LogP contribution is 2.52. The first-order chi connectivity index (χ1) is 26.6. The van der Waals surface area contributed by atoms with Crippen molar-refractivity contribution in [3.8, 4) is 27.9 Å². The van der Waals surface area contributed by atoms with E-state index in [0.717, 1.165) is 63.1 Å². The van der Waals surface area contributed by atoms with Crippen LogP contribution in [0.5, 0.6) is 0 Å². The Hall–Kier alpha value is -6.58. The van der Waals surface area contributed by atoms with Gasteiger partial charge >= 0.3 is 0 Å². The van der Waals surface area contributed by atoms with E-state index in [2.05, 4.69) is 193 Å². The van der Waals surface area contributed by atoms with Crippen molar-refractivity contribution < 1.29 is 4.42 Å². The lowest BCUT2D eigenvalue weighted by Crippen LogP contribution is -2.17. The number of aromatic nitrogens is 1. The Morgan fingerprint density at radius 1 is 0.574 bits per heavy atom. The Balaban J connectivity index is 1.18. The molecule has 0 saturated heterocycles. The van der Waals surface area contributed by atoms with Gasteiger partial charge in [0, 0.05) is 44.1 Å². The van der Waals surface area contributed by atoms with Gasteiger partial charge in [-0.3, -0.25) is 0 Å². The van der Waals surface area contributed by atoms with Crippen LogP contribution in [0.15, 0.2) is 168 Å². The van der Waals surface area contributed by atoms with Crippen LogP contribution in [0, 0.1) is 0 Å². The van der Waals surface area contributed by atoms with Crippen LogP contribution in [-0.4, -0.2) is 4.57 Å². The molecule has 258 valence electrons. The minimum absolute atomic E-state index is 0.138. The molecule has 0 radical (unpaired) electrons. The van der Waals surface area contributed by atoms with Gasteiger partial charge in [-0.1, -0.05) is 147 Å². The number of fused-ring (bicyclic) bond motifs is 9. The second-order valence-corrected chi connectivity index (χ2v) is 15.2. The molecule has 0 saturated carbocycles. The molecule has 0 fully saturated rings. The quantitative estimate of drug-likeness (QED) is 0.179. The summed E-state index contributed by atoms with van der Waals surface area (Å²) < 4.78 is 9.70. The highest BCUT2D eigenvalue weighted by Gasteiger charge is 2.36. The molecular weight excluding hydrogens is 657 g/mol. The summed E-state index contributed by atoms with van der Waals surface area (Å²) >= 11 is 0. The smallest absolute Gasteiger partial charge is 0.159 e. The maximum absolute atomic E-state index is 7.25. The van der Waals surface area contributed by atoms with Crippen LogP contribution in [0.1, 0.15) is 42.7 Å². The third-order valence-corrected chi connectivity index (χ3v) is 11.9. The molecule has 0 bridgehead atoms. The number of hydrogen-bond donors (Lipinski definition) is 0. The molecule has 3 nitrogen and oxygen atoms in total. The SMILES string of the molecule is CC1(C)c2ccccc2-c2ccc(N(c3ccccc3-c3ccccc3)c3cccc4c3oc3c(-n5c6c(c7ccccc75)C=CCC6)cccc34)cc21. The van der Waals surface area contributed by atoms with E-state index in [9.17, 15) is 0 Å². The van der Waals surface area contributed by atoms with E-state index >= 15 is 0 Å². The number of para-hydroxylation sites is 4. The highest BCUT2D eigenvalue weighted by molar-refractivity contribution is 6.13. The second-order valence-electron chi connectivity index (χ2n) is 15.2. The molecule has 54 heavy (non-hydrogen) atoms. The minimum Gasteiger partial charge on any atom is -0.452 e. The van der Waals surface area contributed by atoms with Crippen LogP contribution < -0.4 is 4.90 Å². The van der Waals surface area contributed by atoms with Crippen molar-refractivity contribution in [2.75, 3.05) is 4.90 Å². The zero-order valence-electron chi connectivity index (χ0n) is 30.4. The van der Waals surface area contributed by atoms with Crippen molar-refractivity contribution in [1.29, 1.82) is 0 Å². The van der Waals surface area contributed by atoms with Crippen LogP contribution in [0.2, 0.25) is 0 Å². The van der Waals surface area contributed by atoms with Crippen LogP contribution in [-0.2, 0) is 11.8 Å². The number of anilines is 3. The van der Waals surface area contributed by atoms with Gasteiger partial charge in [-0.05, 0) is 77.1 Å². The highest BCUT2D eigenvalue weighted by atomic mass is 16.3. The van der Waals surface area contributed by atoms with Gasteiger partial charge in [0.15, 0.2) is 11.2 Å². The summed E-state index contributed by atoms with van der Waals surface area (Å²) in [5.74, 6) is 0. The maximum Gasteiger partial charge on any atom is 0.159 e. The first-order valence-corrected chi connectivity index (χ1v) is 19.0. The van der Waals surface area contributed by atoms with Crippen molar-refractivity contribution in [3.63, 3.8) is 0 Å². The number of rotatable bonds is 5. The average Bonchev–Trinajstić information content (AvgIpc) is 3.85. The monoisotopic (exact) mass is 694 g/mol. The van der Waals surface area contributed by atoms with E-state index in [-0.39, 0.29) is 5.41 Å². The number of benzene rings is 7. The standard InChI is InChI=1S/C51H38N2O/c1-51(2)42-24-10-6-19-36(42)37-31-30-34(32-43(37)51)52(44-25-11-7-18-35(44)33-16-4-3-5-17-33)47-28-14-22-40-41-23-15-29-48(50(41)54-49(40)47)53-45-26-12-8-20-38(45)39-21-9-13-27-46(39)53/h3-12,14-26,28-32H,13,27H2,1-2H3. The lowest BCUT2D eigenvalue weighted by atomic mass is 9.82. The molecule has 0 unspecified atom stereocenters. The Labute approximate surface area is 315 Å². The van der Waals surface area contributed by atoms with Crippen molar-refractivity contribution in [1.82, 2.24) is 4.57 Å². The van der Waals surface area contributed by atoms with Crippen LogP contribution in [0.3, 0.4) is 0 Å². The lowest BCUT2D eigenvalue weighted by molar-refractivity contribution is 0.660. The Morgan fingerprint density at radius 3 is 2.15 bits per heavy atom. The van der Waals surface area contributed by atoms with Crippen molar-refractivity contribution in [2.45, 2.75) is 32.1 Å². The molecule has 0 aliphatic heterocycles. The maximum atomic E-state index is 7.25. The summed E-state index contributed by atoms with van der Waals surface area (Å²) in [5.41, 5.74) is 17.5. The van der Waals surface area contributed by atoms with E-state index in [1.54, 1.807) is 0 Å². The average molecular weight is 695 g/mol. The predicted molar refractivity (Wildman–Crippen MR) is 226 cm³/mol. The van der Waals surface area contributed by atoms with Crippen molar-refractivity contribution in [2.24, 2.45) is 0 Å². The van der Waals surface area contributed by atoms with Crippen LogP contribution >= 0.6 is 0 Å². The Kier molecular flexibility index (Phi) is 6.72. The van der Waals surface area contributed by atoms with Gasteiger partial charge in [-0.15, -0.1) is 0 Å². The molecule has 0 atom stereocenters. The van der Waals surface area contributed by atoms with Gasteiger partial charge in [0.25, 0.3) is 0 Å². The number of nitrogens with zero attached hydrogens (tertiary/aromatic N) is 2. The summed E-state index contributed by atoms with van der Waals surface area (Å²) in [7, 11) is 0. The largest absolute Gasteiger partial charge is 0.452 e. The van der Waals surface area contributed by atoms with E-state index in [1.165, 1.54) is 50.0 Å². The van der Waals surface area contributed by atoms with Gasteiger partial charge in [0.05, 0.1) is 22.6 Å². The molecule has 2 aliphatic rings. The molecule has 9 aromatic rings. The molecule has 0 N–H and O–H groups in total. The molecule has 3 heteroatoms. The topological polar surface area (TPSA) is 21.3 Å². The van der Waals surface area contributed by atoms with Gasteiger partial charge in [-0.2, -0.15) is 0 Å². The van der Waals surface area contributed by atoms with Gasteiger partial charge in [0.2, 0.25) is 0 Å². The number of furan rings is 1. The molecule has 2 aromatic heterocycles. The first-order valence-electron chi connectivity index (χ1n) is 19.0. The molecule has 0 spiro atoms. The molecular formula is C51H38N2O. The van der Waals surface area contributed by atoms with E-state index in [4.69, 9.17) is 4.42 Å². The summed E-state index contributed by atoms with van der Waals surface area (Å²) in [6.45, 7) is 4.70.